The van der Waals surface area contributed by atoms with Gasteiger partial charge in [-0.05, 0) is 20.8 Å². The molecule has 1 aliphatic rings. The molecule has 0 aliphatic carbocycles. The van der Waals surface area contributed by atoms with E-state index >= 15 is 0 Å². The van der Waals surface area contributed by atoms with E-state index in [0.717, 1.165) is 0 Å². The van der Waals surface area contributed by atoms with Crippen LogP contribution in [0, 0.1) is 0 Å². The van der Waals surface area contributed by atoms with Crippen LogP contribution in [0.1, 0.15) is 20.8 Å². The summed E-state index contributed by atoms with van der Waals surface area (Å²) in [5.41, 5.74) is 0.623. The van der Waals surface area contributed by atoms with E-state index in [0.29, 0.717) is 5.71 Å². The van der Waals surface area contributed by atoms with Crippen LogP contribution in [0.4, 0.5) is 0 Å². The van der Waals surface area contributed by atoms with Crippen LogP contribution in [-0.4, -0.2) is 35.7 Å². The van der Waals surface area contributed by atoms with Gasteiger partial charge in [0.05, 0.1) is 17.8 Å². The van der Waals surface area contributed by atoms with Gasteiger partial charge in [-0.25, -0.2) is 0 Å². The van der Waals surface area contributed by atoms with Crippen molar-refractivity contribution in [1.82, 2.24) is 4.90 Å². The van der Waals surface area contributed by atoms with Gasteiger partial charge in [-0.15, -0.1) is 0 Å². The third kappa shape index (κ3) is 1.27. The molecule has 0 spiro atoms. The second-order valence-electron chi connectivity index (χ2n) is 3.11. The van der Waals surface area contributed by atoms with Crippen molar-refractivity contribution in [2.75, 3.05) is 7.05 Å². The number of hydrogen-bond donors (Lipinski definition) is 0. The molecule has 3 nitrogen and oxygen atoms in total. The molecule has 0 aromatic heterocycles. The molecular weight excluding hydrogens is 140 g/mol. The molecule has 2 unspecified atom stereocenters. The first-order chi connectivity index (χ1) is 5.04. The van der Waals surface area contributed by atoms with Gasteiger partial charge in [0.1, 0.15) is 0 Å². The number of likely N-dealkylation sites (N-methyl/N-ethyl adjacent to an activating group) is 1. The molecule has 1 amide bonds. The summed E-state index contributed by atoms with van der Waals surface area (Å²) in [5.74, 6) is 0.0515. The lowest BCUT2D eigenvalue weighted by atomic mass is 10.1. The third-order valence-electron chi connectivity index (χ3n) is 2.34. The average Bonchev–Trinajstić information content (AvgIpc) is 1.97. The highest BCUT2D eigenvalue weighted by Crippen LogP contribution is 2.12. The molecule has 0 bridgehead atoms. The molecule has 1 aliphatic heterocycles. The lowest BCUT2D eigenvalue weighted by Crippen LogP contribution is -2.47. The Morgan fingerprint density at radius 3 is 2.55 bits per heavy atom. The summed E-state index contributed by atoms with van der Waals surface area (Å²) in [4.78, 5) is 17.2. The summed E-state index contributed by atoms with van der Waals surface area (Å²) in [6.45, 7) is 5.80. The van der Waals surface area contributed by atoms with Gasteiger partial charge in [0.2, 0.25) is 0 Å². The van der Waals surface area contributed by atoms with Gasteiger partial charge in [-0.2, -0.15) is 0 Å². The highest BCUT2D eigenvalue weighted by molar-refractivity contribution is 6.38. The topological polar surface area (TPSA) is 32.7 Å². The number of aliphatic imine (C=N–C) groups is 1. The molecule has 62 valence electrons. The third-order valence-corrected chi connectivity index (χ3v) is 2.34. The van der Waals surface area contributed by atoms with Gasteiger partial charge in [0.25, 0.3) is 5.91 Å². The van der Waals surface area contributed by atoms with Gasteiger partial charge in [-0.1, -0.05) is 0 Å². The molecule has 11 heavy (non-hydrogen) atoms. The number of carbonyl (C=O) groups is 1. The first-order valence-corrected chi connectivity index (χ1v) is 3.85. The van der Waals surface area contributed by atoms with Crippen LogP contribution in [0.3, 0.4) is 0 Å². The summed E-state index contributed by atoms with van der Waals surface area (Å²) in [7, 11) is 1.82. The van der Waals surface area contributed by atoms with E-state index in [9.17, 15) is 4.79 Å². The Balaban J connectivity index is 2.92. The lowest BCUT2D eigenvalue weighted by Gasteiger charge is -2.32. The zero-order valence-electron chi connectivity index (χ0n) is 7.46. The van der Waals surface area contributed by atoms with Gasteiger partial charge < -0.3 is 4.90 Å². The summed E-state index contributed by atoms with van der Waals surface area (Å²) >= 11 is 0. The monoisotopic (exact) mass is 154 g/mol. The maximum absolute atomic E-state index is 11.3. The van der Waals surface area contributed by atoms with Crippen LogP contribution >= 0.6 is 0 Å². The number of hydrogen-bond acceptors (Lipinski definition) is 2. The van der Waals surface area contributed by atoms with E-state index in [1.807, 2.05) is 20.9 Å². The Hall–Kier alpha value is -0.860. The Labute approximate surface area is 67.1 Å². The summed E-state index contributed by atoms with van der Waals surface area (Å²) in [6.07, 6.45) is 0. The molecule has 0 N–H and O–H groups in total. The van der Waals surface area contributed by atoms with Crippen molar-refractivity contribution in [2.45, 2.75) is 32.9 Å². The molecule has 1 rings (SSSR count). The zero-order chi connectivity index (χ0) is 8.59. The van der Waals surface area contributed by atoms with Crippen LogP contribution in [0.5, 0.6) is 0 Å². The summed E-state index contributed by atoms with van der Waals surface area (Å²) in [6, 6.07) is 0.462. The maximum Gasteiger partial charge on any atom is 0.267 e. The molecule has 0 fully saturated rings. The molecule has 2 atom stereocenters. The van der Waals surface area contributed by atoms with Gasteiger partial charge in [0.15, 0.2) is 0 Å². The minimum absolute atomic E-state index is 0.0515. The number of nitrogens with zero attached hydrogens (tertiary/aromatic N) is 2. The minimum atomic E-state index is 0.0515. The lowest BCUT2D eigenvalue weighted by molar-refractivity contribution is -0.125. The van der Waals surface area contributed by atoms with Gasteiger partial charge in [0, 0.05) is 7.05 Å². The summed E-state index contributed by atoms with van der Waals surface area (Å²) in [5, 5.41) is 0. The van der Waals surface area contributed by atoms with Crippen LogP contribution in [-0.2, 0) is 4.79 Å². The van der Waals surface area contributed by atoms with Crippen molar-refractivity contribution < 1.29 is 4.79 Å². The minimum Gasteiger partial charge on any atom is -0.336 e. The van der Waals surface area contributed by atoms with E-state index in [1.54, 1.807) is 11.8 Å². The van der Waals surface area contributed by atoms with E-state index in [4.69, 9.17) is 0 Å². The first-order valence-electron chi connectivity index (χ1n) is 3.85. The second kappa shape index (κ2) is 2.64. The molecule has 0 saturated carbocycles. The second-order valence-corrected chi connectivity index (χ2v) is 3.11. The highest BCUT2D eigenvalue weighted by Gasteiger charge is 2.27. The van der Waals surface area contributed by atoms with Gasteiger partial charge >= 0.3 is 0 Å². The predicted molar refractivity (Wildman–Crippen MR) is 44.8 cm³/mol. The Kier molecular flexibility index (Phi) is 1.98. The van der Waals surface area contributed by atoms with Crippen molar-refractivity contribution in [1.29, 1.82) is 0 Å². The van der Waals surface area contributed by atoms with Crippen molar-refractivity contribution in [3.63, 3.8) is 0 Å². The van der Waals surface area contributed by atoms with Crippen molar-refractivity contribution in [2.24, 2.45) is 4.99 Å². The van der Waals surface area contributed by atoms with Crippen molar-refractivity contribution in [3.05, 3.63) is 0 Å². The Morgan fingerprint density at radius 2 is 2.00 bits per heavy atom. The van der Waals surface area contributed by atoms with Crippen molar-refractivity contribution >= 4 is 11.6 Å². The van der Waals surface area contributed by atoms with Crippen LogP contribution in [0.15, 0.2) is 4.99 Å². The summed E-state index contributed by atoms with van der Waals surface area (Å²) < 4.78 is 0. The number of rotatable bonds is 0. The first kappa shape index (κ1) is 8.24. The molecule has 0 aromatic carbocycles. The van der Waals surface area contributed by atoms with Crippen molar-refractivity contribution in [3.8, 4) is 0 Å². The zero-order valence-corrected chi connectivity index (χ0v) is 7.46. The standard InChI is InChI=1S/C8H14N2O/c1-5-7(3)10(4)8(11)6(2)9-5/h5,7H,1-4H3. The van der Waals surface area contributed by atoms with Gasteiger partial charge in [-0.3, -0.25) is 9.79 Å². The molecule has 1 heterocycles. The van der Waals surface area contributed by atoms with E-state index in [2.05, 4.69) is 4.99 Å². The van der Waals surface area contributed by atoms with E-state index in [-0.39, 0.29) is 18.0 Å². The Bertz CT molecular complexity index is 210. The molecule has 0 radical (unpaired) electrons. The highest BCUT2D eigenvalue weighted by atomic mass is 16.2. The fraction of sp³-hybridized carbons (Fsp3) is 0.750. The average molecular weight is 154 g/mol. The molecular formula is C8H14N2O. The molecule has 0 saturated heterocycles. The van der Waals surface area contributed by atoms with Crippen LogP contribution in [0.25, 0.3) is 0 Å². The predicted octanol–water partition coefficient (Wildman–Crippen LogP) is 0.696. The number of carbonyl (C=O) groups excluding carboxylic acids is 1. The molecule has 3 heteroatoms. The van der Waals surface area contributed by atoms with Crippen LogP contribution < -0.4 is 0 Å². The van der Waals surface area contributed by atoms with Crippen LogP contribution in [0.2, 0.25) is 0 Å². The molecule has 0 aromatic rings. The quantitative estimate of drug-likeness (QED) is 0.505. The fourth-order valence-electron chi connectivity index (χ4n) is 1.23. The number of amides is 1. The maximum atomic E-state index is 11.3. The fourth-order valence-corrected chi connectivity index (χ4v) is 1.23. The normalized spacial score (nSPS) is 32.2. The van der Waals surface area contributed by atoms with E-state index < -0.39 is 0 Å². The SMILES string of the molecule is CC1=NC(C)C(C)N(C)C1=O. The Morgan fingerprint density at radius 1 is 1.45 bits per heavy atom. The smallest absolute Gasteiger partial charge is 0.267 e. The largest absolute Gasteiger partial charge is 0.336 e. The van der Waals surface area contributed by atoms with E-state index in [1.165, 1.54) is 0 Å².